The molecule has 2 aromatic rings. The third kappa shape index (κ3) is 4.19. The molecule has 0 saturated heterocycles. The first-order chi connectivity index (χ1) is 11.5. The number of carbonyl (C=O) groups is 2. The molecule has 0 aliphatic rings. The second kappa shape index (κ2) is 8.24. The highest BCUT2D eigenvalue weighted by atomic mass is 16.2. The van der Waals surface area contributed by atoms with Crippen LogP contribution in [0.3, 0.4) is 0 Å². The van der Waals surface area contributed by atoms with Gasteiger partial charge in [0.2, 0.25) is 0 Å². The number of hydrogen-bond donors (Lipinski definition) is 1. The number of rotatable bonds is 6. The van der Waals surface area contributed by atoms with Crippen LogP contribution in [0.2, 0.25) is 0 Å². The molecule has 1 aromatic carbocycles. The summed E-state index contributed by atoms with van der Waals surface area (Å²) < 4.78 is 0. The van der Waals surface area contributed by atoms with Crippen LogP contribution in [0.4, 0.5) is 0 Å². The summed E-state index contributed by atoms with van der Waals surface area (Å²) in [6.45, 7) is 2.74. The number of hydrogen-bond acceptors (Lipinski definition) is 3. The number of carbonyl (C=O) groups excluding carboxylic acids is 2. The Kier molecular flexibility index (Phi) is 6.07. The van der Waals surface area contributed by atoms with Crippen LogP contribution in [0.1, 0.15) is 40.5 Å². The van der Waals surface area contributed by atoms with Crippen LogP contribution in [0.15, 0.2) is 42.6 Å². The summed E-state index contributed by atoms with van der Waals surface area (Å²) in [4.78, 5) is 30.4. The van der Waals surface area contributed by atoms with Crippen molar-refractivity contribution in [3.05, 3.63) is 53.7 Å². The van der Waals surface area contributed by atoms with Gasteiger partial charge in [-0.25, -0.2) is 0 Å². The van der Waals surface area contributed by atoms with Crippen molar-refractivity contribution >= 4 is 11.8 Å². The molecule has 126 valence electrons. The first-order valence-corrected chi connectivity index (χ1v) is 8.10. The Balaban J connectivity index is 2.32. The van der Waals surface area contributed by atoms with Gasteiger partial charge < -0.3 is 10.2 Å². The van der Waals surface area contributed by atoms with Crippen LogP contribution in [-0.4, -0.2) is 42.3 Å². The Morgan fingerprint density at radius 2 is 1.96 bits per heavy atom. The minimum absolute atomic E-state index is 0.110. The lowest BCUT2D eigenvalue weighted by molar-refractivity contribution is 0.0827. The Hall–Kier alpha value is -2.69. The molecule has 0 saturated carbocycles. The summed E-state index contributed by atoms with van der Waals surface area (Å²) in [5.41, 5.74) is 2.42. The maximum atomic E-state index is 12.3. The predicted molar refractivity (Wildman–Crippen MR) is 94.9 cm³/mol. The van der Waals surface area contributed by atoms with Gasteiger partial charge in [0.25, 0.3) is 11.8 Å². The molecular weight excluding hydrogens is 302 g/mol. The van der Waals surface area contributed by atoms with Gasteiger partial charge in [0.05, 0.1) is 11.3 Å². The van der Waals surface area contributed by atoms with Gasteiger partial charge in [-0.2, -0.15) is 0 Å². The van der Waals surface area contributed by atoms with Gasteiger partial charge in [0.15, 0.2) is 0 Å². The second-order valence-electron chi connectivity index (χ2n) is 5.79. The van der Waals surface area contributed by atoms with Crippen LogP contribution < -0.4 is 5.32 Å². The average Bonchev–Trinajstić information content (AvgIpc) is 2.61. The van der Waals surface area contributed by atoms with Gasteiger partial charge in [-0.15, -0.1) is 0 Å². The number of pyridine rings is 1. The summed E-state index contributed by atoms with van der Waals surface area (Å²) in [6.07, 6.45) is 3.63. The lowest BCUT2D eigenvalue weighted by atomic mass is 10.0. The fraction of sp³-hybridized carbons (Fsp3) is 0.316. The monoisotopic (exact) mass is 325 g/mol. The van der Waals surface area contributed by atoms with Crippen LogP contribution in [0.25, 0.3) is 11.3 Å². The molecule has 0 radical (unpaired) electrons. The largest absolute Gasteiger partial charge is 0.352 e. The standard InChI is InChI=1S/C19H23N3O2/c1-4-5-11-21-18(23)15-9-6-8-14(13-15)17-16(10-7-12-20-17)19(24)22(2)3/h6-10,12-13H,4-5,11H2,1-3H3,(H,21,23). The van der Waals surface area contributed by atoms with E-state index in [0.717, 1.165) is 18.4 Å². The zero-order valence-corrected chi connectivity index (χ0v) is 14.4. The first kappa shape index (κ1) is 17.7. The minimum Gasteiger partial charge on any atom is -0.352 e. The Morgan fingerprint density at radius 3 is 2.67 bits per heavy atom. The smallest absolute Gasteiger partial charge is 0.255 e. The highest BCUT2D eigenvalue weighted by Gasteiger charge is 2.16. The number of amides is 2. The van der Waals surface area contributed by atoms with Crippen molar-refractivity contribution in [1.82, 2.24) is 15.2 Å². The van der Waals surface area contributed by atoms with Gasteiger partial charge in [-0.05, 0) is 30.7 Å². The minimum atomic E-state index is -0.115. The van der Waals surface area contributed by atoms with E-state index in [2.05, 4.69) is 17.2 Å². The summed E-state index contributed by atoms with van der Waals surface area (Å²) in [5, 5.41) is 2.90. The van der Waals surface area contributed by atoms with Crippen LogP contribution in [0, 0.1) is 0 Å². The van der Waals surface area contributed by atoms with Crippen LogP contribution >= 0.6 is 0 Å². The number of unbranched alkanes of at least 4 members (excludes halogenated alkanes) is 1. The predicted octanol–water partition coefficient (Wildman–Crippen LogP) is 2.98. The molecule has 2 rings (SSSR count). The first-order valence-electron chi connectivity index (χ1n) is 8.10. The summed E-state index contributed by atoms with van der Waals surface area (Å²) in [6, 6.07) is 10.7. The molecule has 0 fully saturated rings. The van der Waals surface area contributed by atoms with Gasteiger partial charge in [-0.3, -0.25) is 14.6 Å². The van der Waals surface area contributed by atoms with E-state index >= 15 is 0 Å². The Morgan fingerprint density at radius 1 is 1.17 bits per heavy atom. The lowest BCUT2D eigenvalue weighted by Crippen LogP contribution is -2.24. The van der Waals surface area contributed by atoms with E-state index in [4.69, 9.17) is 0 Å². The maximum absolute atomic E-state index is 12.3. The zero-order chi connectivity index (χ0) is 17.5. The van der Waals surface area contributed by atoms with Crippen molar-refractivity contribution in [2.24, 2.45) is 0 Å². The van der Waals surface area contributed by atoms with E-state index < -0.39 is 0 Å². The van der Waals surface area contributed by atoms with Gasteiger partial charge in [0, 0.05) is 38.0 Å². The molecule has 1 aromatic heterocycles. The van der Waals surface area contributed by atoms with Crippen LogP contribution in [-0.2, 0) is 0 Å². The van der Waals surface area contributed by atoms with Crippen molar-refractivity contribution in [3.8, 4) is 11.3 Å². The fourth-order valence-electron chi connectivity index (χ4n) is 2.34. The number of nitrogens with zero attached hydrogens (tertiary/aromatic N) is 2. The molecule has 0 unspecified atom stereocenters. The van der Waals surface area contributed by atoms with Gasteiger partial charge in [0.1, 0.15) is 0 Å². The second-order valence-corrected chi connectivity index (χ2v) is 5.79. The summed E-state index contributed by atoms with van der Waals surface area (Å²) in [5.74, 6) is -0.224. The third-order valence-corrected chi connectivity index (χ3v) is 3.66. The molecule has 5 heteroatoms. The molecule has 0 atom stereocenters. The van der Waals surface area contributed by atoms with E-state index in [1.54, 1.807) is 44.6 Å². The maximum Gasteiger partial charge on any atom is 0.255 e. The number of aromatic nitrogens is 1. The van der Waals surface area contributed by atoms with Gasteiger partial charge >= 0.3 is 0 Å². The third-order valence-electron chi connectivity index (χ3n) is 3.66. The van der Waals surface area contributed by atoms with Gasteiger partial charge in [-0.1, -0.05) is 25.5 Å². The quantitative estimate of drug-likeness (QED) is 0.831. The SMILES string of the molecule is CCCCNC(=O)c1cccc(-c2ncccc2C(=O)N(C)C)c1. The van der Waals surface area contributed by atoms with E-state index in [-0.39, 0.29) is 11.8 Å². The van der Waals surface area contributed by atoms with E-state index in [9.17, 15) is 9.59 Å². The highest BCUT2D eigenvalue weighted by molar-refractivity contribution is 6.00. The lowest BCUT2D eigenvalue weighted by Gasteiger charge is -2.14. The molecular formula is C19H23N3O2. The van der Waals surface area contributed by atoms with E-state index in [1.807, 2.05) is 12.1 Å². The van der Waals surface area contributed by atoms with E-state index in [0.29, 0.717) is 23.4 Å². The van der Waals surface area contributed by atoms with E-state index in [1.165, 1.54) is 4.90 Å². The fourth-order valence-corrected chi connectivity index (χ4v) is 2.34. The molecule has 1 heterocycles. The van der Waals surface area contributed by atoms with Crippen molar-refractivity contribution in [2.45, 2.75) is 19.8 Å². The Labute approximate surface area is 142 Å². The molecule has 24 heavy (non-hydrogen) atoms. The summed E-state index contributed by atoms with van der Waals surface area (Å²) in [7, 11) is 3.41. The molecule has 0 aliphatic heterocycles. The molecule has 5 nitrogen and oxygen atoms in total. The van der Waals surface area contributed by atoms with Crippen LogP contribution in [0.5, 0.6) is 0 Å². The van der Waals surface area contributed by atoms with Crippen molar-refractivity contribution in [2.75, 3.05) is 20.6 Å². The van der Waals surface area contributed by atoms with Crippen molar-refractivity contribution < 1.29 is 9.59 Å². The Bertz CT molecular complexity index is 726. The molecule has 0 bridgehead atoms. The number of benzene rings is 1. The molecule has 0 spiro atoms. The van der Waals surface area contributed by atoms with Crippen molar-refractivity contribution in [1.29, 1.82) is 0 Å². The number of nitrogens with one attached hydrogen (secondary N) is 1. The normalized spacial score (nSPS) is 10.3. The molecule has 1 N–H and O–H groups in total. The topological polar surface area (TPSA) is 62.3 Å². The average molecular weight is 325 g/mol. The van der Waals surface area contributed by atoms with Crippen molar-refractivity contribution in [3.63, 3.8) is 0 Å². The molecule has 2 amide bonds. The zero-order valence-electron chi connectivity index (χ0n) is 14.4. The summed E-state index contributed by atoms with van der Waals surface area (Å²) >= 11 is 0. The highest BCUT2D eigenvalue weighted by Crippen LogP contribution is 2.23. The molecule has 0 aliphatic carbocycles.